The fraction of sp³-hybridized carbons (Fsp3) is 0.625. The van der Waals surface area contributed by atoms with Crippen LogP contribution >= 0.6 is 15.9 Å². The summed E-state index contributed by atoms with van der Waals surface area (Å²) in [5.74, 6) is 0.185. The molecule has 1 aromatic rings. The molecule has 2 heterocycles. The zero-order valence-electron chi connectivity index (χ0n) is 7.64. The molecule has 0 saturated carbocycles. The van der Waals surface area contributed by atoms with Gasteiger partial charge in [-0.1, -0.05) is 21.1 Å². The van der Waals surface area contributed by atoms with Gasteiger partial charge in [-0.05, 0) is 6.42 Å². The predicted octanol–water partition coefficient (Wildman–Crippen LogP) is 0.274. The standard InChI is InChI=1S/C8H11BrN4O/c9-7-1-3-12(8(7)14)5-6-13-4-2-10-11-13/h2,4,7H,1,3,5-6H2. The highest BCUT2D eigenvalue weighted by Gasteiger charge is 2.28. The van der Waals surface area contributed by atoms with Crippen molar-refractivity contribution in [2.45, 2.75) is 17.8 Å². The van der Waals surface area contributed by atoms with E-state index in [1.807, 2.05) is 4.90 Å². The molecule has 1 saturated heterocycles. The quantitative estimate of drug-likeness (QED) is 0.732. The van der Waals surface area contributed by atoms with Gasteiger partial charge in [0.1, 0.15) is 0 Å². The molecule has 1 atom stereocenters. The molecule has 6 heteroatoms. The van der Waals surface area contributed by atoms with Crippen molar-refractivity contribution in [1.82, 2.24) is 19.9 Å². The van der Waals surface area contributed by atoms with Crippen LogP contribution in [0.4, 0.5) is 0 Å². The second kappa shape index (κ2) is 4.08. The molecule has 1 amide bonds. The maximum absolute atomic E-state index is 11.5. The molecule has 2 rings (SSSR count). The Balaban J connectivity index is 1.84. The van der Waals surface area contributed by atoms with Gasteiger partial charge in [-0.3, -0.25) is 9.48 Å². The highest BCUT2D eigenvalue weighted by molar-refractivity contribution is 9.10. The lowest BCUT2D eigenvalue weighted by Gasteiger charge is -2.14. The van der Waals surface area contributed by atoms with Crippen molar-refractivity contribution in [3.8, 4) is 0 Å². The van der Waals surface area contributed by atoms with E-state index in [2.05, 4.69) is 26.2 Å². The van der Waals surface area contributed by atoms with Gasteiger partial charge in [-0.2, -0.15) is 0 Å². The Morgan fingerprint density at radius 1 is 1.57 bits per heavy atom. The summed E-state index contributed by atoms with van der Waals surface area (Å²) in [6, 6.07) is 0. The Morgan fingerprint density at radius 2 is 2.43 bits per heavy atom. The summed E-state index contributed by atoms with van der Waals surface area (Å²) < 4.78 is 1.73. The van der Waals surface area contributed by atoms with Crippen molar-refractivity contribution in [2.24, 2.45) is 0 Å². The number of likely N-dealkylation sites (tertiary alicyclic amines) is 1. The molecule has 1 aliphatic heterocycles. The van der Waals surface area contributed by atoms with E-state index in [4.69, 9.17) is 0 Å². The summed E-state index contributed by atoms with van der Waals surface area (Å²) in [5, 5.41) is 7.54. The van der Waals surface area contributed by atoms with E-state index in [-0.39, 0.29) is 10.7 Å². The van der Waals surface area contributed by atoms with Crippen LogP contribution in [0, 0.1) is 0 Å². The SMILES string of the molecule is O=C1C(Br)CCN1CCn1ccnn1. The number of nitrogens with zero attached hydrogens (tertiary/aromatic N) is 4. The van der Waals surface area contributed by atoms with E-state index in [1.54, 1.807) is 17.1 Å². The van der Waals surface area contributed by atoms with E-state index in [0.29, 0.717) is 13.1 Å². The summed E-state index contributed by atoms with van der Waals surface area (Å²) >= 11 is 3.34. The number of hydrogen-bond donors (Lipinski definition) is 0. The number of carbonyl (C=O) groups is 1. The molecular formula is C8H11BrN4O. The minimum Gasteiger partial charge on any atom is -0.340 e. The highest BCUT2D eigenvalue weighted by atomic mass is 79.9. The number of alkyl halides is 1. The smallest absolute Gasteiger partial charge is 0.236 e. The molecule has 1 aromatic heterocycles. The lowest BCUT2D eigenvalue weighted by molar-refractivity contribution is -0.127. The largest absolute Gasteiger partial charge is 0.340 e. The Bertz CT molecular complexity index is 313. The van der Waals surface area contributed by atoms with Crippen molar-refractivity contribution < 1.29 is 4.79 Å². The maximum atomic E-state index is 11.5. The van der Waals surface area contributed by atoms with Gasteiger partial charge in [0, 0.05) is 19.3 Å². The van der Waals surface area contributed by atoms with Crippen LogP contribution in [0.15, 0.2) is 12.4 Å². The average Bonchev–Trinajstić information content (AvgIpc) is 2.77. The van der Waals surface area contributed by atoms with Crippen molar-refractivity contribution in [3.63, 3.8) is 0 Å². The van der Waals surface area contributed by atoms with Crippen molar-refractivity contribution >= 4 is 21.8 Å². The van der Waals surface area contributed by atoms with Crippen molar-refractivity contribution in [2.75, 3.05) is 13.1 Å². The fourth-order valence-corrected chi connectivity index (χ4v) is 1.99. The number of carbonyl (C=O) groups excluding carboxylic acids is 1. The third kappa shape index (κ3) is 1.95. The van der Waals surface area contributed by atoms with E-state index in [9.17, 15) is 4.79 Å². The van der Waals surface area contributed by atoms with Gasteiger partial charge in [0.25, 0.3) is 0 Å². The molecule has 0 spiro atoms. The first kappa shape index (κ1) is 9.64. The van der Waals surface area contributed by atoms with Crippen LogP contribution in [-0.2, 0) is 11.3 Å². The number of hydrogen-bond acceptors (Lipinski definition) is 3. The van der Waals surface area contributed by atoms with E-state index in [0.717, 1.165) is 13.0 Å². The summed E-state index contributed by atoms with van der Waals surface area (Å²) in [6.07, 6.45) is 4.33. The van der Waals surface area contributed by atoms with E-state index in [1.165, 1.54) is 0 Å². The first-order valence-electron chi connectivity index (χ1n) is 4.54. The first-order chi connectivity index (χ1) is 6.77. The van der Waals surface area contributed by atoms with Gasteiger partial charge in [0.2, 0.25) is 5.91 Å². The Hall–Kier alpha value is -0.910. The summed E-state index contributed by atoms with van der Waals surface area (Å²) in [6.45, 7) is 2.26. The van der Waals surface area contributed by atoms with Gasteiger partial charge < -0.3 is 4.90 Å². The molecule has 0 aromatic carbocycles. The minimum absolute atomic E-state index is 0.0123. The maximum Gasteiger partial charge on any atom is 0.236 e. The topological polar surface area (TPSA) is 51.0 Å². The van der Waals surface area contributed by atoms with Crippen LogP contribution in [0.3, 0.4) is 0 Å². The lowest BCUT2D eigenvalue weighted by Crippen LogP contribution is -2.30. The highest BCUT2D eigenvalue weighted by Crippen LogP contribution is 2.17. The zero-order valence-corrected chi connectivity index (χ0v) is 9.22. The van der Waals surface area contributed by atoms with Crippen molar-refractivity contribution in [3.05, 3.63) is 12.4 Å². The zero-order chi connectivity index (χ0) is 9.97. The molecule has 5 nitrogen and oxygen atoms in total. The number of rotatable bonds is 3. The van der Waals surface area contributed by atoms with Gasteiger partial charge in [-0.25, -0.2) is 0 Å². The molecule has 0 radical (unpaired) electrons. The second-order valence-corrected chi connectivity index (χ2v) is 4.35. The van der Waals surface area contributed by atoms with E-state index < -0.39 is 0 Å². The minimum atomic E-state index is 0.0123. The third-order valence-electron chi connectivity index (χ3n) is 2.30. The monoisotopic (exact) mass is 258 g/mol. The molecule has 1 fully saturated rings. The normalized spacial score (nSPS) is 21.9. The van der Waals surface area contributed by atoms with Gasteiger partial charge in [0.05, 0.1) is 17.6 Å². The van der Waals surface area contributed by atoms with Gasteiger partial charge in [-0.15, -0.1) is 5.10 Å². The molecule has 14 heavy (non-hydrogen) atoms. The van der Waals surface area contributed by atoms with Crippen LogP contribution in [0.1, 0.15) is 6.42 Å². The molecule has 0 N–H and O–H groups in total. The molecule has 0 bridgehead atoms. The van der Waals surface area contributed by atoms with Crippen LogP contribution in [-0.4, -0.2) is 43.7 Å². The fourth-order valence-electron chi connectivity index (χ4n) is 1.50. The number of amides is 1. The van der Waals surface area contributed by atoms with E-state index >= 15 is 0 Å². The molecular weight excluding hydrogens is 248 g/mol. The third-order valence-corrected chi connectivity index (χ3v) is 3.15. The summed E-state index contributed by atoms with van der Waals surface area (Å²) in [5.41, 5.74) is 0. The molecule has 0 aliphatic carbocycles. The number of aromatic nitrogens is 3. The average molecular weight is 259 g/mol. The first-order valence-corrected chi connectivity index (χ1v) is 5.46. The molecule has 76 valence electrons. The predicted molar refractivity (Wildman–Crippen MR) is 53.9 cm³/mol. The van der Waals surface area contributed by atoms with Gasteiger partial charge in [0.15, 0.2) is 0 Å². The lowest BCUT2D eigenvalue weighted by atomic mass is 10.4. The van der Waals surface area contributed by atoms with Gasteiger partial charge >= 0.3 is 0 Å². The Kier molecular flexibility index (Phi) is 2.81. The summed E-state index contributed by atoms with van der Waals surface area (Å²) in [7, 11) is 0. The number of halogens is 1. The summed E-state index contributed by atoms with van der Waals surface area (Å²) in [4.78, 5) is 13.4. The second-order valence-electron chi connectivity index (χ2n) is 3.25. The van der Waals surface area contributed by atoms with Crippen LogP contribution < -0.4 is 0 Å². The molecule has 1 aliphatic rings. The Labute approximate surface area is 90.2 Å². The van der Waals surface area contributed by atoms with Crippen LogP contribution in [0.2, 0.25) is 0 Å². The molecule has 1 unspecified atom stereocenters. The van der Waals surface area contributed by atoms with Crippen molar-refractivity contribution in [1.29, 1.82) is 0 Å². The van der Waals surface area contributed by atoms with Crippen LogP contribution in [0.5, 0.6) is 0 Å². The van der Waals surface area contributed by atoms with Crippen LogP contribution in [0.25, 0.3) is 0 Å². The Morgan fingerprint density at radius 3 is 3.00 bits per heavy atom.